The first-order valence-corrected chi connectivity index (χ1v) is 8.99. The molecule has 0 bridgehead atoms. The van der Waals surface area contributed by atoms with Crippen molar-refractivity contribution in [2.45, 2.75) is 16.3 Å². The van der Waals surface area contributed by atoms with Gasteiger partial charge in [0.1, 0.15) is 12.1 Å². The number of aromatic nitrogens is 3. The van der Waals surface area contributed by atoms with E-state index in [1.165, 1.54) is 0 Å². The van der Waals surface area contributed by atoms with E-state index in [0.717, 1.165) is 37.7 Å². The molecule has 0 unspecified atom stereocenters. The van der Waals surface area contributed by atoms with E-state index >= 15 is 0 Å². The molecule has 0 fully saturated rings. The fourth-order valence-electron chi connectivity index (χ4n) is 2.88. The van der Waals surface area contributed by atoms with Crippen LogP contribution in [-0.2, 0) is 6.54 Å². The molecule has 5 nitrogen and oxygen atoms in total. The van der Waals surface area contributed by atoms with E-state index in [4.69, 9.17) is 10.5 Å². The summed E-state index contributed by atoms with van der Waals surface area (Å²) in [6.07, 6.45) is 7.36. The Hall–Kier alpha value is -2.99. The minimum atomic E-state index is 0.690. The van der Waals surface area contributed by atoms with Gasteiger partial charge in [0.2, 0.25) is 0 Å². The lowest BCUT2D eigenvalue weighted by Crippen LogP contribution is -1.99. The van der Waals surface area contributed by atoms with Gasteiger partial charge in [0.05, 0.1) is 19.2 Å². The maximum Gasteiger partial charge on any atom is 0.120 e. The summed E-state index contributed by atoms with van der Waals surface area (Å²) in [6.45, 7) is 0.690. The Morgan fingerprint density at radius 2 is 1.88 bits per heavy atom. The molecule has 0 aliphatic carbocycles. The van der Waals surface area contributed by atoms with Crippen molar-refractivity contribution in [3.63, 3.8) is 0 Å². The zero-order valence-corrected chi connectivity index (χ0v) is 15.1. The summed E-state index contributed by atoms with van der Waals surface area (Å²) in [4.78, 5) is 10.4. The number of methoxy groups -OCH3 is 1. The number of hydrogen-bond donors (Lipinski definition) is 1. The van der Waals surface area contributed by atoms with Gasteiger partial charge in [-0.05, 0) is 24.3 Å². The summed E-state index contributed by atoms with van der Waals surface area (Å²) in [7, 11) is 1.68. The number of para-hydroxylation sites is 1. The average molecular weight is 362 g/mol. The second-order valence-corrected chi connectivity index (χ2v) is 6.97. The Balaban J connectivity index is 1.79. The van der Waals surface area contributed by atoms with Crippen molar-refractivity contribution in [3.05, 3.63) is 72.9 Å². The van der Waals surface area contributed by atoms with E-state index in [2.05, 4.69) is 32.9 Å². The molecule has 0 aliphatic heterocycles. The predicted molar refractivity (Wildman–Crippen MR) is 105 cm³/mol. The number of nitrogens with two attached hydrogens (primary N) is 1. The lowest BCUT2D eigenvalue weighted by Gasteiger charge is -2.06. The van der Waals surface area contributed by atoms with Crippen LogP contribution in [0.5, 0.6) is 5.75 Å². The second kappa shape index (κ2) is 7.09. The predicted octanol–water partition coefficient (Wildman–Crippen LogP) is 4.22. The van der Waals surface area contributed by atoms with Gasteiger partial charge >= 0.3 is 0 Å². The van der Waals surface area contributed by atoms with Crippen LogP contribution >= 0.6 is 11.8 Å². The number of anilines is 1. The Kier molecular flexibility index (Phi) is 4.50. The largest absolute Gasteiger partial charge is 0.497 e. The van der Waals surface area contributed by atoms with E-state index < -0.39 is 0 Å². The maximum atomic E-state index is 6.12. The molecule has 0 saturated heterocycles. The molecule has 130 valence electrons. The van der Waals surface area contributed by atoms with Crippen LogP contribution in [0.2, 0.25) is 0 Å². The Morgan fingerprint density at radius 3 is 2.65 bits per heavy atom. The third-order valence-corrected chi connectivity index (χ3v) is 5.30. The van der Waals surface area contributed by atoms with E-state index in [1.807, 2.05) is 42.7 Å². The average Bonchev–Trinajstić information content (AvgIpc) is 3.01. The fraction of sp³-hybridized carbons (Fsp3) is 0.100. The highest BCUT2D eigenvalue weighted by molar-refractivity contribution is 7.99. The van der Waals surface area contributed by atoms with Gasteiger partial charge in [-0.25, -0.2) is 9.97 Å². The SMILES string of the molecule is COc1ccc2c(Sc3ccccc3N)cn(Cc3cncnc3)c2c1. The molecule has 2 heterocycles. The molecule has 0 amide bonds. The molecule has 0 aliphatic rings. The normalized spacial score (nSPS) is 11.0. The third-order valence-electron chi connectivity index (χ3n) is 4.16. The molecule has 4 rings (SSSR count). The highest BCUT2D eigenvalue weighted by atomic mass is 32.2. The molecule has 2 aromatic heterocycles. The smallest absolute Gasteiger partial charge is 0.120 e. The lowest BCUT2D eigenvalue weighted by atomic mass is 10.2. The standard InChI is InChI=1S/C20H18N4OS/c1-25-15-6-7-16-18(8-15)24(11-14-9-22-13-23-10-14)12-20(16)26-19-5-3-2-4-17(19)21/h2-10,12-13H,11,21H2,1H3. The van der Waals surface area contributed by atoms with E-state index in [9.17, 15) is 0 Å². The number of nitrogen functional groups attached to an aromatic ring is 1. The molecular weight excluding hydrogens is 344 g/mol. The minimum Gasteiger partial charge on any atom is -0.497 e. The Bertz CT molecular complexity index is 1050. The third kappa shape index (κ3) is 3.23. The highest BCUT2D eigenvalue weighted by Crippen LogP contribution is 2.38. The summed E-state index contributed by atoms with van der Waals surface area (Å²) in [6, 6.07) is 14.0. The topological polar surface area (TPSA) is 66.0 Å². The molecule has 6 heteroatoms. The summed E-state index contributed by atoms with van der Waals surface area (Å²) in [5.74, 6) is 0.830. The lowest BCUT2D eigenvalue weighted by molar-refractivity contribution is 0.415. The van der Waals surface area contributed by atoms with Gasteiger partial charge in [-0.15, -0.1) is 0 Å². The van der Waals surface area contributed by atoms with Crippen molar-refractivity contribution in [1.82, 2.24) is 14.5 Å². The van der Waals surface area contributed by atoms with Crippen LogP contribution in [0.3, 0.4) is 0 Å². The van der Waals surface area contributed by atoms with E-state index in [0.29, 0.717) is 6.54 Å². The van der Waals surface area contributed by atoms with Crippen LogP contribution in [0.15, 0.2) is 77.2 Å². The van der Waals surface area contributed by atoms with Crippen molar-refractivity contribution in [1.29, 1.82) is 0 Å². The molecule has 26 heavy (non-hydrogen) atoms. The van der Waals surface area contributed by atoms with Gasteiger partial charge in [0, 0.05) is 51.1 Å². The monoisotopic (exact) mass is 362 g/mol. The summed E-state index contributed by atoms with van der Waals surface area (Å²) >= 11 is 1.67. The second-order valence-electron chi connectivity index (χ2n) is 5.89. The Morgan fingerprint density at radius 1 is 1.08 bits per heavy atom. The number of ether oxygens (including phenoxy) is 1. The van der Waals surface area contributed by atoms with E-state index in [-0.39, 0.29) is 0 Å². The molecule has 0 spiro atoms. The van der Waals surface area contributed by atoms with Gasteiger partial charge < -0.3 is 15.0 Å². The number of fused-ring (bicyclic) bond motifs is 1. The van der Waals surface area contributed by atoms with Crippen molar-refractivity contribution in [2.24, 2.45) is 0 Å². The van der Waals surface area contributed by atoms with Gasteiger partial charge in [0.15, 0.2) is 0 Å². The van der Waals surface area contributed by atoms with E-state index in [1.54, 1.807) is 25.2 Å². The van der Waals surface area contributed by atoms with Crippen LogP contribution < -0.4 is 10.5 Å². The minimum absolute atomic E-state index is 0.690. The Labute approximate surface area is 155 Å². The quantitative estimate of drug-likeness (QED) is 0.539. The van der Waals surface area contributed by atoms with Gasteiger partial charge in [-0.1, -0.05) is 23.9 Å². The highest BCUT2D eigenvalue weighted by Gasteiger charge is 2.12. The van der Waals surface area contributed by atoms with Gasteiger partial charge in [0.25, 0.3) is 0 Å². The van der Waals surface area contributed by atoms with Crippen LogP contribution in [0.1, 0.15) is 5.56 Å². The first-order chi connectivity index (χ1) is 12.7. The molecule has 4 aromatic rings. The van der Waals surface area contributed by atoms with Gasteiger partial charge in [-0.2, -0.15) is 0 Å². The first-order valence-electron chi connectivity index (χ1n) is 8.18. The number of benzene rings is 2. The molecule has 2 aromatic carbocycles. The molecule has 2 N–H and O–H groups in total. The number of nitrogens with zero attached hydrogens (tertiary/aromatic N) is 3. The number of rotatable bonds is 5. The first kappa shape index (κ1) is 16.5. The van der Waals surface area contributed by atoms with Crippen molar-refractivity contribution in [2.75, 3.05) is 12.8 Å². The van der Waals surface area contributed by atoms with Crippen LogP contribution in [0.4, 0.5) is 5.69 Å². The zero-order valence-electron chi connectivity index (χ0n) is 14.3. The summed E-state index contributed by atoms with van der Waals surface area (Å²) in [5.41, 5.74) is 9.05. The summed E-state index contributed by atoms with van der Waals surface area (Å²) < 4.78 is 7.60. The van der Waals surface area contributed by atoms with Crippen molar-refractivity contribution in [3.8, 4) is 5.75 Å². The molecular formula is C20H18N4OS. The van der Waals surface area contributed by atoms with Crippen molar-refractivity contribution >= 4 is 28.4 Å². The van der Waals surface area contributed by atoms with Crippen LogP contribution in [0.25, 0.3) is 10.9 Å². The molecule has 0 atom stereocenters. The zero-order chi connectivity index (χ0) is 17.9. The van der Waals surface area contributed by atoms with Crippen LogP contribution in [-0.4, -0.2) is 21.6 Å². The number of hydrogen-bond acceptors (Lipinski definition) is 5. The van der Waals surface area contributed by atoms with Crippen molar-refractivity contribution < 1.29 is 4.74 Å². The summed E-state index contributed by atoms with van der Waals surface area (Å²) in [5, 5.41) is 1.16. The molecule has 0 radical (unpaired) electrons. The van der Waals surface area contributed by atoms with Gasteiger partial charge in [-0.3, -0.25) is 0 Å². The fourth-order valence-corrected chi connectivity index (χ4v) is 3.91. The maximum absolute atomic E-state index is 6.12. The van der Waals surface area contributed by atoms with Crippen LogP contribution in [0, 0.1) is 0 Å². The molecule has 0 saturated carbocycles.